The van der Waals surface area contributed by atoms with E-state index in [4.69, 9.17) is 4.84 Å². The normalized spacial score (nSPS) is 10.8. The van der Waals surface area contributed by atoms with Gasteiger partial charge in [0.2, 0.25) is 5.78 Å². The first kappa shape index (κ1) is 20.2. The van der Waals surface area contributed by atoms with Crippen molar-refractivity contribution in [1.29, 1.82) is 0 Å². The van der Waals surface area contributed by atoms with Crippen molar-refractivity contribution in [3.63, 3.8) is 0 Å². The summed E-state index contributed by atoms with van der Waals surface area (Å²) in [6.07, 6.45) is 2.81. The summed E-state index contributed by atoms with van der Waals surface area (Å²) in [5.41, 5.74) is 5.22. The van der Waals surface area contributed by atoms with E-state index in [9.17, 15) is 9.59 Å². The zero-order chi connectivity index (χ0) is 20.0. The first-order valence-corrected chi connectivity index (χ1v) is 8.68. The van der Waals surface area contributed by atoms with E-state index in [1.54, 1.807) is 6.08 Å². The number of carbonyl (C=O) groups is 2. The topological polar surface area (TPSA) is 72.7 Å². The van der Waals surface area contributed by atoms with Gasteiger partial charge in [-0.15, -0.1) is 6.58 Å². The number of Topliss-reactive ketones (excluding diaryl/α,β-unsaturated/α-hetero) is 1. The van der Waals surface area contributed by atoms with Crippen LogP contribution in [0.2, 0.25) is 0 Å². The molecule has 2 aromatic rings. The van der Waals surface area contributed by atoms with Crippen LogP contribution in [0.3, 0.4) is 0 Å². The fourth-order valence-corrected chi connectivity index (χ4v) is 2.80. The summed E-state index contributed by atoms with van der Waals surface area (Å²) in [4.78, 5) is 29.2. The highest BCUT2D eigenvalue weighted by Gasteiger charge is 2.15. The Morgan fingerprint density at radius 3 is 2.70 bits per heavy atom. The average molecular weight is 367 g/mol. The number of aromatic nitrogens is 1. The monoisotopic (exact) mass is 367 g/mol. The van der Waals surface area contributed by atoms with Crippen LogP contribution in [-0.4, -0.2) is 29.1 Å². The molecule has 1 aromatic carbocycles. The lowest BCUT2D eigenvalue weighted by molar-refractivity contribution is -0.110. The maximum atomic E-state index is 12.3. The zero-order valence-electron chi connectivity index (χ0n) is 16.2. The van der Waals surface area contributed by atoms with Crippen LogP contribution in [0, 0.1) is 27.7 Å². The molecule has 0 aliphatic rings. The standard InChI is InChI=1S/C21H25N3O3/c1-6-10-24-15(3)11-18(17(24)5)20(25)13-27-22-12-21(26)23-19-9-7-8-14(2)16(19)4/h6-9,11-12H,1,10,13H2,2-5H3,(H,23,26)/b22-12-. The van der Waals surface area contributed by atoms with Gasteiger partial charge in [-0.05, 0) is 51.0 Å². The molecule has 0 bridgehead atoms. The van der Waals surface area contributed by atoms with Gasteiger partial charge in [0.1, 0.15) is 6.21 Å². The molecule has 0 radical (unpaired) electrons. The Morgan fingerprint density at radius 2 is 2.00 bits per heavy atom. The van der Waals surface area contributed by atoms with E-state index < -0.39 is 5.91 Å². The largest absolute Gasteiger partial charge is 0.387 e. The molecule has 2 rings (SSSR count). The smallest absolute Gasteiger partial charge is 0.270 e. The van der Waals surface area contributed by atoms with Crippen molar-refractivity contribution < 1.29 is 14.4 Å². The molecule has 142 valence electrons. The van der Waals surface area contributed by atoms with Gasteiger partial charge in [0, 0.05) is 29.2 Å². The third-order valence-electron chi connectivity index (χ3n) is 4.49. The summed E-state index contributed by atoms with van der Waals surface area (Å²) in [6.45, 7) is 11.8. The number of nitrogens with one attached hydrogen (secondary N) is 1. The van der Waals surface area contributed by atoms with Crippen LogP contribution in [-0.2, 0) is 16.2 Å². The predicted molar refractivity (Wildman–Crippen MR) is 107 cm³/mol. The SMILES string of the molecule is C=CCn1c(C)cc(C(=O)CO/N=C\C(=O)Nc2cccc(C)c2C)c1C. The minimum atomic E-state index is -0.416. The Labute approximate surface area is 159 Å². The number of amides is 1. The molecule has 0 spiro atoms. The van der Waals surface area contributed by atoms with Gasteiger partial charge in [0.25, 0.3) is 5.91 Å². The number of hydrogen-bond acceptors (Lipinski definition) is 4. The van der Waals surface area contributed by atoms with Crippen molar-refractivity contribution in [3.05, 3.63) is 65.0 Å². The second-order valence-corrected chi connectivity index (χ2v) is 6.35. The Morgan fingerprint density at radius 1 is 1.26 bits per heavy atom. The van der Waals surface area contributed by atoms with Crippen molar-refractivity contribution >= 4 is 23.6 Å². The Balaban J connectivity index is 1.91. The molecule has 0 saturated heterocycles. The van der Waals surface area contributed by atoms with Gasteiger partial charge in [0.15, 0.2) is 6.61 Å². The molecule has 1 N–H and O–H groups in total. The Hall–Kier alpha value is -3.15. The Kier molecular flexibility index (Phi) is 6.71. The molecule has 0 unspecified atom stereocenters. The molecule has 1 aromatic heterocycles. The van der Waals surface area contributed by atoms with Crippen molar-refractivity contribution in [2.45, 2.75) is 34.2 Å². The summed E-state index contributed by atoms with van der Waals surface area (Å²) < 4.78 is 2.00. The van der Waals surface area contributed by atoms with E-state index in [1.807, 2.05) is 56.5 Å². The number of anilines is 1. The third kappa shape index (κ3) is 4.94. The van der Waals surface area contributed by atoms with Crippen LogP contribution in [0.15, 0.2) is 42.1 Å². The molecule has 0 aliphatic carbocycles. The van der Waals surface area contributed by atoms with E-state index in [-0.39, 0.29) is 12.4 Å². The van der Waals surface area contributed by atoms with E-state index in [2.05, 4.69) is 17.1 Å². The lowest BCUT2D eigenvalue weighted by atomic mass is 10.1. The fourth-order valence-electron chi connectivity index (χ4n) is 2.80. The minimum Gasteiger partial charge on any atom is -0.387 e. The molecular weight excluding hydrogens is 342 g/mol. The summed E-state index contributed by atoms with van der Waals surface area (Å²) in [5.74, 6) is -0.606. The Bertz CT molecular complexity index is 894. The molecule has 1 heterocycles. The third-order valence-corrected chi connectivity index (χ3v) is 4.49. The lowest BCUT2D eigenvalue weighted by Gasteiger charge is -2.08. The van der Waals surface area contributed by atoms with Crippen LogP contribution in [0.4, 0.5) is 5.69 Å². The highest BCUT2D eigenvalue weighted by molar-refractivity contribution is 6.31. The number of carbonyl (C=O) groups excluding carboxylic acids is 2. The minimum absolute atomic E-state index is 0.189. The van der Waals surface area contributed by atoms with Gasteiger partial charge >= 0.3 is 0 Å². The summed E-state index contributed by atoms with van der Waals surface area (Å²) in [5, 5.41) is 6.34. The number of oxime groups is 1. The van der Waals surface area contributed by atoms with Crippen molar-refractivity contribution in [1.82, 2.24) is 4.57 Å². The van der Waals surface area contributed by atoms with E-state index in [0.717, 1.165) is 34.4 Å². The zero-order valence-corrected chi connectivity index (χ0v) is 16.2. The van der Waals surface area contributed by atoms with Gasteiger partial charge in [0.05, 0.1) is 0 Å². The molecule has 0 aliphatic heterocycles. The van der Waals surface area contributed by atoms with E-state index in [1.165, 1.54) is 0 Å². The molecule has 0 fully saturated rings. The number of rotatable bonds is 8. The van der Waals surface area contributed by atoms with Crippen molar-refractivity contribution in [3.8, 4) is 0 Å². The van der Waals surface area contributed by atoms with Crippen LogP contribution < -0.4 is 5.32 Å². The number of aryl methyl sites for hydroxylation is 2. The van der Waals surface area contributed by atoms with Crippen molar-refractivity contribution in [2.75, 3.05) is 11.9 Å². The first-order chi connectivity index (χ1) is 12.8. The number of hydrogen-bond donors (Lipinski definition) is 1. The maximum Gasteiger partial charge on any atom is 0.270 e. The van der Waals surface area contributed by atoms with Crippen LogP contribution >= 0.6 is 0 Å². The van der Waals surface area contributed by atoms with Crippen LogP contribution in [0.1, 0.15) is 32.9 Å². The highest BCUT2D eigenvalue weighted by atomic mass is 16.6. The molecule has 0 atom stereocenters. The average Bonchev–Trinajstić information content (AvgIpc) is 2.91. The number of nitrogens with zero attached hydrogens (tertiary/aromatic N) is 2. The summed E-state index contributed by atoms with van der Waals surface area (Å²) in [6, 6.07) is 7.48. The summed E-state index contributed by atoms with van der Waals surface area (Å²) >= 11 is 0. The van der Waals surface area contributed by atoms with E-state index in [0.29, 0.717) is 12.1 Å². The molecule has 6 nitrogen and oxygen atoms in total. The van der Waals surface area contributed by atoms with Gasteiger partial charge in [-0.25, -0.2) is 0 Å². The molecule has 6 heteroatoms. The van der Waals surface area contributed by atoms with Crippen LogP contribution in [0.5, 0.6) is 0 Å². The van der Waals surface area contributed by atoms with Crippen molar-refractivity contribution in [2.24, 2.45) is 5.16 Å². The molecule has 0 saturated carbocycles. The van der Waals surface area contributed by atoms with E-state index >= 15 is 0 Å². The van der Waals surface area contributed by atoms with Gasteiger partial charge in [-0.1, -0.05) is 23.4 Å². The quantitative estimate of drug-likeness (QED) is 0.334. The number of benzene rings is 1. The summed E-state index contributed by atoms with van der Waals surface area (Å²) in [7, 11) is 0. The van der Waals surface area contributed by atoms with Crippen LogP contribution in [0.25, 0.3) is 0 Å². The maximum absolute atomic E-state index is 12.3. The molecule has 27 heavy (non-hydrogen) atoms. The van der Waals surface area contributed by atoms with Gasteiger partial charge in [-0.3, -0.25) is 9.59 Å². The highest BCUT2D eigenvalue weighted by Crippen LogP contribution is 2.18. The number of allylic oxidation sites excluding steroid dienone is 1. The molecular formula is C21H25N3O3. The predicted octanol–water partition coefficient (Wildman–Crippen LogP) is 3.73. The lowest BCUT2D eigenvalue weighted by Crippen LogP contribution is -2.15. The first-order valence-electron chi connectivity index (χ1n) is 8.68. The van der Waals surface area contributed by atoms with Gasteiger partial charge in [-0.2, -0.15) is 0 Å². The molecule has 1 amide bonds. The second-order valence-electron chi connectivity index (χ2n) is 6.35. The number of ketones is 1. The van der Waals surface area contributed by atoms with Gasteiger partial charge < -0.3 is 14.7 Å². The fraction of sp³-hybridized carbons (Fsp3) is 0.286. The second kappa shape index (κ2) is 8.98.